The topological polar surface area (TPSA) is 296 Å². The lowest BCUT2D eigenvalue weighted by atomic mass is 10.3. The van der Waals surface area contributed by atoms with Crippen molar-refractivity contribution in [2.24, 2.45) is 0 Å². The molecule has 332 valence electrons. The molecule has 1 atom stereocenters. The van der Waals surface area contributed by atoms with Crippen LogP contribution in [0.5, 0.6) is 0 Å². The van der Waals surface area contributed by atoms with E-state index in [2.05, 4.69) is 31.9 Å². The summed E-state index contributed by atoms with van der Waals surface area (Å²) in [4.78, 5) is 120. The first-order valence-electron chi connectivity index (χ1n) is 17.8. The summed E-state index contributed by atoms with van der Waals surface area (Å²) in [5.74, 6) is -4.69. The standard InChI is InChI=1S/C33H50N8O15.CH4.6H2/c42-23-24-22-40(7-10-56-24)33(51)21-39-30(48)20-38-29(47)19-37-28(46)18-36-27(45)17-35-26(44)4-8-52-11-13-54-15-16-55-14-12-53-9-5-34-25(43)3-6-41-31(49)1-2-32(41)50;;;;;;;/h1-2,23-24H,3-22H2,(H,34,43)(H,35,44)(H,36,45)(H,37,46)(H,38,47)(H,39,48);1H4;6*1H/t24-;;;;;;;/m0......./s1. The number of morpholine rings is 1. The Morgan fingerprint density at radius 2 is 1.07 bits per heavy atom. The number of imide groups is 1. The lowest BCUT2D eigenvalue weighted by Crippen LogP contribution is -2.50. The summed E-state index contributed by atoms with van der Waals surface area (Å²) in [6.07, 6.45) is 2.20. The number of amides is 9. The second-order valence-corrected chi connectivity index (χ2v) is 11.7. The highest BCUT2D eigenvalue weighted by molar-refractivity contribution is 6.13. The molecule has 6 N–H and O–H groups in total. The quantitative estimate of drug-likeness (QED) is 0.0238. The molecule has 0 aromatic rings. The molecule has 2 heterocycles. The molecule has 0 aromatic carbocycles. The van der Waals surface area contributed by atoms with E-state index in [9.17, 15) is 47.9 Å². The largest absolute Gasteiger partial charge is 0.379 e. The van der Waals surface area contributed by atoms with Gasteiger partial charge in [-0.05, 0) is 0 Å². The minimum Gasteiger partial charge on any atom is -0.379 e. The lowest BCUT2D eigenvalue weighted by Gasteiger charge is -2.30. The van der Waals surface area contributed by atoms with Crippen molar-refractivity contribution < 1.29 is 80.2 Å². The average Bonchev–Trinajstić information content (AvgIpc) is 3.52. The fraction of sp³-hybridized carbons (Fsp3) is 0.647. The fourth-order valence-electron chi connectivity index (χ4n) is 4.47. The SMILES string of the molecule is C.O=C[C@@H]1CN(C(=O)CNC(=O)CNC(=O)CNC(=O)CNC(=O)CNC(=O)CCOCCOCCOCCOCCNC(=O)CCN2C(=O)C=CC2=O)CCO1.[HH].[HH].[HH].[HH].[HH].[HH]. The monoisotopic (exact) mass is 826 g/mol. The van der Waals surface area contributed by atoms with Crippen LogP contribution < -0.4 is 31.9 Å². The van der Waals surface area contributed by atoms with Crippen LogP contribution in [0.25, 0.3) is 0 Å². The van der Waals surface area contributed by atoms with Crippen LogP contribution in [0.1, 0.15) is 28.8 Å². The summed E-state index contributed by atoms with van der Waals surface area (Å²) >= 11 is 0. The summed E-state index contributed by atoms with van der Waals surface area (Å²) in [6.45, 7) is 0.864. The number of ether oxygens (including phenoxy) is 5. The zero-order valence-electron chi connectivity index (χ0n) is 31.0. The van der Waals surface area contributed by atoms with Crippen molar-refractivity contribution in [2.45, 2.75) is 26.4 Å². The molecule has 1 fully saturated rings. The van der Waals surface area contributed by atoms with Gasteiger partial charge in [0.15, 0.2) is 6.29 Å². The number of hydrogen-bond acceptors (Lipinski definition) is 15. The van der Waals surface area contributed by atoms with Gasteiger partial charge in [0.05, 0.1) is 98.7 Å². The van der Waals surface area contributed by atoms with Crippen molar-refractivity contribution in [3.63, 3.8) is 0 Å². The van der Waals surface area contributed by atoms with E-state index in [0.29, 0.717) is 32.7 Å². The fourth-order valence-corrected chi connectivity index (χ4v) is 4.47. The van der Waals surface area contributed by atoms with Crippen LogP contribution in [0.15, 0.2) is 12.2 Å². The third-order valence-electron chi connectivity index (χ3n) is 7.44. The third kappa shape index (κ3) is 23.3. The summed E-state index contributed by atoms with van der Waals surface area (Å²) < 4.78 is 26.6. The summed E-state index contributed by atoms with van der Waals surface area (Å²) in [6, 6.07) is 0. The molecule has 0 bridgehead atoms. The van der Waals surface area contributed by atoms with Crippen LogP contribution in [-0.4, -0.2) is 194 Å². The van der Waals surface area contributed by atoms with Crippen LogP contribution in [-0.2, 0) is 71.6 Å². The van der Waals surface area contributed by atoms with E-state index in [-0.39, 0.29) is 107 Å². The first kappa shape index (κ1) is 49.7. The minimum absolute atomic E-state index is 0. The Balaban J connectivity index is -0.00000116. The number of aldehydes is 1. The van der Waals surface area contributed by atoms with Gasteiger partial charge < -0.3 is 65.3 Å². The maximum atomic E-state index is 12.2. The van der Waals surface area contributed by atoms with Crippen LogP contribution in [0.4, 0.5) is 0 Å². The van der Waals surface area contributed by atoms with Gasteiger partial charge in [-0.25, -0.2) is 0 Å². The molecule has 0 saturated carbocycles. The van der Waals surface area contributed by atoms with Crippen molar-refractivity contribution in [3.05, 3.63) is 12.2 Å². The smallest absolute Gasteiger partial charge is 0.253 e. The van der Waals surface area contributed by atoms with Crippen LogP contribution in [0.3, 0.4) is 0 Å². The van der Waals surface area contributed by atoms with Gasteiger partial charge in [-0.3, -0.25) is 48.1 Å². The summed E-state index contributed by atoms with van der Waals surface area (Å²) in [7, 11) is 0. The first-order chi connectivity index (χ1) is 27.0. The molecule has 0 aliphatic carbocycles. The normalized spacial score (nSPS) is 14.6. The Kier molecular flexibility index (Phi) is 26.0. The molecule has 57 heavy (non-hydrogen) atoms. The van der Waals surface area contributed by atoms with E-state index in [1.54, 1.807) is 0 Å². The van der Waals surface area contributed by atoms with E-state index in [1.807, 2.05) is 0 Å². The van der Waals surface area contributed by atoms with Gasteiger partial charge >= 0.3 is 0 Å². The average molecular weight is 827 g/mol. The highest BCUT2D eigenvalue weighted by Gasteiger charge is 2.25. The Labute approximate surface area is 338 Å². The number of hydrogen-bond donors (Lipinski definition) is 6. The highest BCUT2D eigenvalue weighted by Crippen LogP contribution is 2.04. The van der Waals surface area contributed by atoms with Gasteiger partial charge in [-0.2, -0.15) is 0 Å². The van der Waals surface area contributed by atoms with Crippen molar-refractivity contribution in [2.75, 3.05) is 118 Å². The second-order valence-electron chi connectivity index (χ2n) is 11.7. The molecule has 0 aromatic heterocycles. The van der Waals surface area contributed by atoms with Gasteiger partial charge in [0, 0.05) is 53.2 Å². The number of carbonyl (C=O) groups is 10. The van der Waals surface area contributed by atoms with Gasteiger partial charge in [-0.1, -0.05) is 7.43 Å². The van der Waals surface area contributed by atoms with Gasteiger partial charge in [0.25, 0.3) is 11.8 Å². The van der Waals surface area contributed by atoms with E-state index >= 15 is 0 Å². The van der Waals surface area contributed by atoms with E-state index in [1.165, 1.54) is 4.90 Å². The molecule has 0 radical (unpaired) electrons. The third-order valence-corrected chi connectivity index (χ3v) is 7.44. The second kappa shape index (κ2) is 29.9. The molecule has 2 aliphatic rings. The van der Waals surface area contributed by atoms with E-state index < -0.39 is 73.0 Å². The zero-order chi connectivity index (χ0) is 41.0. The van der Waals surface area contributed by atoms with Crippen LogP contribution >= 0.6 is 0 Å². The predicted octanol–water partition coefficient (Wildman–Crippen LogP) is -4.01. The molecule has 23 nitrogen and oxygen atoms in total. The minimum atomic E-state index is -0.715. The van der Waals surface area contributed by atoms with Gasteiger partial charge in [0.1, 0.15) is 6.10 Å². The number of nitrogens with zero attached hydrogens (tertiary/aromatic N) is 2. The van der Waals surface area contributed by atoms with Crippen molar-refractivity contribution in [1.29, 1.82) is 0 Å². The Bertz CT molecular complexity index is 1410. The Morgan fingerprint density at radius 1 is 0.632 bits per heavy atom. The van der Waals surface area contributed by atoms with Crippen LogP contribution in [0.2, 0.25) is 0 Å². The molecule has 9 amide bonds. The number of rotatable bonds is 29. The number of nitrogens with one attached hydrogen (secondary N) is 6. The zero-order valence-corrected chi connectivity index (χ0v) is 31.0. The Hall–Kier alpha value is -5.36. The maximum Gasteiger partial charge on any atom is 0.253 e. The number of carbonyl (C=O) groups excluding carboxylic acids is 10. The molecule has 2 aliphatic heterocycles. The lowest BCUT2D eigenvalue weighted by molar-refractivity contribution is -0.142. The molecule has 23 heteroatoms. The predicted molar refractivity (Wildman–Crippen MR) is 208 cm³/mol. The Morgan fingerprint density at radius 3 is 1.58 bits per heavy atom. The molecular weight excluding hydrogens is 760 g/mol. The van der Waals surface area contributed by atoms with Crippen molar-refractivity contribution in [1.82, 2.24) is 41.7 Å². The maximum absolute atomic E-state index is 12.2. The van der Waals surface area contributed by atoms with E-state index in [0.717, 1.165) is 17.1 Å². The highest BCUT2D eigenvalue weighted by atomic mass is 16.6. The molecule has 2 rings (SSSR count). The van der Waals surface area contributed by atoms with Gasteiger partial charge in [0.2, 0.25) is 41.4 Å². The first-order valence-corrected chi connectivity index (χ1v) is 17.8. The molecule has 1 saturated heterocycles. The van der Waals surface area contributed by atoms with Crippen LogP contribution in [0, 0.1) is 0 Å². The summed E-state index contributed by atoms with van der Waals surface area (Å²) in [5.41, 5.74) is 0. The van der Waals surface area contributed by atoms with Gasteiger partial charge in [-0.15, -0.1) is 0 Å². The molecular formula is C34H66N8O15. The van der Waals surface area contributed by atoms with Crippen molar-refractivity contribution in [3.8, 4) is 0 Å². The molecule has 0 spiro atoms. The molecule has 0 unspecified atom stereocenters. The summed E-state index contributed by atoms with van der Waals surface area (Å²) in [5, 5.41) is 14.2. The van der Waals surface area contributed by atoms with Crippen molar-refractivity contribution >= 4 is 59.5 Å². The van der Waals surface area contributed by atoms with E-state index in [4.69, 9.17) is 23.7 Å².